The van der Waals surface area contributed by atoms with Gasteiger partial charge >= 0.3 is 6.09 Å². The molecule has 1 saturated heterocycles. The minimum Gasteiger partial charge on any atom is -0.497 e. The third kappa shape index (κ3) is 4.94. The molecule has 0 spiro atoms. The Morgan fingerprint density at radius 1 is 1.00 bits per heavy atom. The lowest BCUT2D eigenvalue weighted by atomic mass is 10.1. The Morgan fingerprint density at radius 2 is 1.64 bits per heavy atom. The fraction of sp³-hybridized carbons (Fsp3) is 0.333. The lowest BCUT2D eigenvalue weighted by Gasteiger charge is -2.36. The van der Waals surface area contributed by atoms with Crippen molar-refractivity contribution in [2.75, 3.05) is 38.2 Å². The third-order valence-electron chi connectivity index (χ3n) is 4.86. The van der Waals surface area contributed by atoms with Crippen LogP contribution in [0, 0.1) is 0 Å². The first-order valence-electron chi connectivity index (χ1n) is 9.24. The number of nitrogens with two attached hydrogens (primary N) is 1. The van der Waals surface area contributed by atoms with Crippen molar-refractivity contribution in [1.29, 1.82) is 0 Å². The molecule has 2 N–H and O–H groups in total. The lowest BCUT2D eigenvalue weighted by Crippen LogP contribution is -2.49. The number of carbonyl (C=O) groups is 2. The number of anilines is 1. The number of ether oxygens (including phenoxy) is 2. The molecule has 2 amide bonds. The van der Waals surface area contributed by atoms with Crippen LogP contribution in [0.3, 0.4) is 0 Å². The molecule has 3 rings (SSSR count). The van der Waals surface area contributed by atoms with Crippen molar-refractivity contribution in [3.05, 3.63) is 60.2 Å². The van der Waals surface area contributed by atoms with Gasteiger partial charge in [0.2, 0.25) is 5.91 Å². The quantitative estimate of drug-likeness (QED) is 0.829. The van der Waals surface area contributed by atoms with Gasteiger partial charge in [-0.2, -0.15) is 0 Å². The number of methoxy groups -OCH3 is 1. The smallest absolute Gasteiger partial charge is 0.405 e. The highest BCUT2D eigenvalue weighted by Gasteiger charge is 2.26. The van der Waals surface area contributed by atoms with Gasteiger partial charge in [0.05, 0.1) is 13.5 Å². The van der Waals surface area contributed by atoms with E-state index in [0.717, 1.165) is 18.8 Å². The highest BCUT2D eigenvalue weighted by atomic mass is 16.6. The Morgan fingerprint density at radius 3 is 2.21 bits per heavy atom. The molecule has 2 aromatic carbocycles. The van der Waals surface area contributed by atoms with Gasteiger partial charge in [-0.25, -0.2) is 4.79 Å². The zero-order chi connectivity index (χ0) is 19.9. The maximum absolute atomic E-state index is 12.8. The van der Waals surface area contributed by atoms with Gasteiger partial charge < -0.3 is 25.0 Å². The minimum absolute atomic E-state index is 0.0562. The van der Waals surface area contributed by atoms with Crippen LogP contribution < -0.4 is 15.4 Å². The summed E-state index contributed by atoms with van der Waals surface area (Å²) in [7, 11) is 1.57. The number of hydrogen-bond acceptors (Lipinski definition) is 5. The molecule has 1 fully saturated rings. The summed E-state index contributed by atoms with van der Waals surface area (Å²) in [6.45, 7) is 2.78. The number of rotatable bonds is 6. The molecule has 148 valence electrons. The van der Waals surface area contributed by atoms with Gasteiger partial charge in [-0.15, -0.1) is 0 Å². The van der Waals surface area contributed by atoms with Crippen LogP contribution in [0.1, 0.15) is 18.1 Å². The van der Waals surface area contributed by atoms with E-state index in [1.165, 1.54) is 0 Å². The van der Waals surface area contributed by atoms with Crippen molar-refractivity contribution in [3.8, 4) is 5.75 Å². The van der Waals surface area contributed by atoms with Gasteiger partial charge in [-0.1, -0.05) is 30.3 Å². The molecule has 2 aromatic rings. The predicted molar refractivity (Wildman–Crippen MR) is 106 cm³/mol. The fourth-order valence-corrected chi connectivity index (χ4v) is 3.33. The summed E-state index contributed by atoms with van der Waals surface area (Å²) < 4.78 is 10.3. The first-order chi connectivity index (χ1) is 13.6. The van der Waals surface area contributed by atoms with E-state index in [4.69, 9.17) is 15.2 Å². The third-order valence-corrected chi connectivity index (χ3v) is 4.86. The van der Waals surface area contributed by atoms with Crippen molar-refractivity contribution < 1.29 is 19.1 Å². The second-order valence-electron chi connectivity index (χ2n) is 6.61. The Labute approximate surface area is 164 Å². The van der Waals surface area contributed by atoms with Gasteiger partial charge in [0.25, 0.3) is 0 Å². The van der Waals surface area contributed by atoms with E-state index in [1.807, 2.05) is 18.2 Å². The molecular weight excluding hydrogens is 358 g/mol. The van der Waals surface area contributed by atoms with Crippen LogP contribution in [-0.2, 0) is 9.53 Å². The molecule has 7 heteroatoms. The number of nitrogens with zero attached hydrogens (tertiary/aromatic N) is 2. The second-order valence-corrected chi connectivity index (χ2v) is 6.61. The Hall–Kier alpha value is -3.22. The average molecular weight is 383 g/mol. The Balaban J connectivity index is 1.61. The number of amides is 2. The van der Waals surface area contributed by atoms with Crippen molar-refractivity contribution in [2.24, 2.45) is 5.73 Å². The number of benzene rings is 2. The number of primary amides is 1. The van der Waals surface area contributed by atoms with Crippen molar-refractivity contribution >= 4 is 17.7 Å². The maximum Gasteiger partial charge on any atom is 0.405 e. The SMILES string of the molecule is COc1ccc(C(CC(=O)N2CCN(c3ccccc3)CC2)OC(N)=O)cc1. The number of para-hydroxylation sites is 1. The summed E-state index contributed by atoms with van der Waals surface area (Å²) in [6, 6.07) is 17.2. The summed E-state index contributed by atoms with van der Waals surface area (Å²) in [4.78, 5) is 28.1. The molecule has 1 aliphatic rings. The normalized spacial score (nSPS) is 15.0. The summed E-state index contributed by atoms with van der Waals surface area (Å²) in [5.74, 6) is 0.625. The van der Waals surface area contributed by atoms with E-state index < -0.39 is 12.2 Å². The average Bonchev–Trinajstić information content (AvgIpc) is 2.74. The molecule has 28 heavy (non-hydrogen) atoms. The van der Waals surface area contributed by atoms with Gasteiger partial charge in [-0.3, -0.25) is 4.79 Å². The van der Waals surface area contributed by atoms with Crippen LogP contribution >= 0.6 is 0 Å². The molecule has 1 atom stereocenters. The van der Waals surface area contributed by atoms with E-state index >= 15 is 0 Å². The summed E-state index contributed by atoms with van der Waals surface area (Å²) in [5.41, 5.74) is 7.07. The highest BCUT2D eigenvalue weighted by molar-refractivity contribution is 5.78. The van der Waals surface area contributed by atoms with E-state index in [1.54, 1.807) is 36.3 Å². The molecular formula is C21H25N3O4. The summed E-state index contributed by atoms with van der Waals surface area (Å²) >= 11 is 0. The molecule has 1 heterocycles. The van der Waals surface area contributed by atoms with E-state index in [9.17, 15) is 9.59 Å². The van der Waals surface area contributed by atoms with Gasteiger partial charge in [0, 0.05) is 31.9 Å². The molecule has 0 aromatic heterocycles. The first-order valence-corrected chi connectivity index (χ1v) is 9.24. The molecule has 0 radical (unpaired) electrons. The Kier molecular flexibility index (Phi) is 6.37. The van der Waals surface area contributed by atoms with Crippen LogP contribution in [-0.4, -0.2) is 50.2 Å². The molecule has 0 aliphatic carbocycles. The van der Waals surface area contributed by atoms with E-state index in [-0.39, 0.29) is 12.3 Å². The molecule has 0 saturated carbocycles. The molecule has 1 unspecified atom stereocenters. The number of carbonyl (C=O) groups excluding carboxylic acids is 2. The van der Waals surface area contributed by atoms with Gasteiger partial charge in [-0.05, 0) is 29.8 Å². The standard InChI is InChI=1S/C21H25N3O4/c1-27-18-9-7-16(8-10-18)19(28-21(22)26)15-20(25)24-13-11-23(12-14-24)17-5-3-2-4-6-17/h2-10,19H,11-15H2,1H3,(H2,22,26). The van der Waals surface area contributed by atoms with Crippen LogP contribution in [0.5, 0.6) is 5.75 Å². The van der Waals surface area contributed by atoms with Crippen molar-refractivity contribution in [1.82, 2.24) is 4.90 Å². The monoisotopic (exact) mass is 383 g/mol. The van der Waals surface area contributed by atoms with E-state index in [2.05, 4.69) is 17.0 Å². The number of piperazine rings is 1. The Bertz CT molecular complexity index is 787. The largest absolute Gasteiger partial charge is 0.497 e. The van der Waals surface area contributed by atoms with Crippen LogP contribution in [0.25, 0.3) is 0 Å². The predicted octanol–water partition coefficient (Wildman–Crippen LogP) is 2.57. The van der Waals surface area contributed by atoms with Crippen molar-refractivity contribution in [3.63, 3.8) is 0 Å². The molecule has 7 nitrogen and oxygen atoms in total. The van der Waals surface area contributed by atoms with Crippen LogP contribution in [0.15, 0.2) is 54.6 Å². The van der Waals surface area contributed by atoms with Crippen molar-refractivity contribution in [2.45, 2.75) is 12.5 Å². The molecule has 0 bridgehead atoms. The van der Waals surface area contributed by atoms with E-state index in [0.29, 0.717) is 24.4 Å². The highest BCUT2D eigenvalue weighted by Crippen LogP contribution is 2.25. The second kappa shape index (κ2) is 9.12. The zero-order valence-corrected chi connectivity index (χ0v) is 15.9. The van der Waals surface area contributed by atoms with Crippen LogP contribution in [0.2, 0.25) is 0 Å². The van der Waals surface area contributed by atoms with Gasteiger partial charge in [0.1, 0.15) is 11.9 Å². The lowest BCUT2D eigenvalue weighted by molar-refractivity contribution is -0.133. The summed E-state index contributed by atoms with van der Waals surface area (Å²) in [5, 5.41) is 0. The van der Waals surface area contributed by atoms with Gasteiger partial charge in [0.15, 0.2) is 0 Å². The number of hydrogen-bond donors (Lipinski definition) is 1. The summed E-state index contributed by atoms with van der Waals surface area (Å²) in [6.07, 6.45) is -1.56. The maximum atomic E-state index is 12.8. The first kappa shape index (κ1) is 19.5. The molecule has 1 aliphatic heterocycles. The topological polar surface area (TPSA) is 85.1 Å². The minimum atomic E-state index is -0.900. The van der Waals surface area contributed by atoms with Crippen LogP contribution in [0.4, 0.5) is 10.5 Å². The fourth-order valence-electron chi connectivity index (χ4n) is 3.33. The zero-order valence-electron chi connectivity index (χ0n) is 15.9.